The van der Waals surface area contributed by atoms with Gasteiger partial charge in [-0.2, -0.15) is 0 Å². The first kappa shape index (κ1) is 31.9. The summed E-state index contributed by atoms with van der Waals surface area (Å²) in [5.74, 6) is -0.210. The van der Waals surface area contributed by atoms with Crippen LogP contribution in [0.2, 0.25) is 0 Å². The first-order valence-corrected chi connectivity index (χ1v) is 15.9. The zero-order chi connectivity index (χ0) is 30.2. The topological polar surface area (TPSA) is 86.8 Å². The van der Waals surface area contributed by atoms with E-state index >= 15 is 0 Å². The summed E-state index contributed by atoms with van der Waals surface area (Å²) in [7, 11) is -3.80. The van der Waals surface area contributed by atoms with E-state index in [1.807, 2.05) is 87.5 Å². The molecule has 8 heteroatoms. The largest absolute Gasteiger partial charge is 0.354 e. The molecular formula is C33H43N3O4S. The summed E-state index contributed by atoms with van der Waals surface area (Å²) >= 11 is 0. The summed E-state index contributed by atoms with van der Waals surface area (Å²) in [4.78, 5) is 29.4. The maximum atomic E-state index is 14.2. The minimum Gasteiger partial charge on any atom is -0.354 e. The van der Waals surface area contributed by atoms with E-state index in [0.29, 0.717) is 18.7 Å². The van der Waals surface area contributed by atoms with Crippen molar-refractivity contribution >= 4 is 27.5 Å². The Labute approximate surface area is 245 Å². The van der Waals surface area contributed by atoms with Gasteiger partial charge in [0.25, 0.3) is 0 Å². The quantitative estimate of drug-likeness (QED) is 0.299. The third kappa shape index (κ3) is 9.46. The summed E-state index contributed by atoms with van der Waals surface area (Å²) in [6.45, 7) is 10.3. The fourth-order valence-corrected chi connectivity index (χ4v) is 5.47. The van der Waals surface area contributed by atoms with Gasteiger partial charge in [0.2, 0.25) is 21.8 Å². The fraction of sp³-hybridized carbons (Fsp3) is 0.394. The van der Waals surface area contributed by atoms with Crippen molar-refractivity contribution in [2.24, 2.45) is 5.92 Å². The van der Waals surface area contributed by atoms with E-state index in [-0.39, 0.29) is 24.3 Å². The van der Waals surface area contributed by atoms with Gasteiger partial charge in [-0.25, -0.2) is 8.42 Å². The molecule has 3 rings (SSSR count). The summed E-state index contributed by atoms with van der Waals surface area (Å²) in [6, 6.07) is 23.7. The standard InChI is InChI=1S/C33H43N3O4S/c1-24(2)21-34-33(38)31(20-27-12-8-7-9-13-27)35(22-28-14-10-11-26(5)19-28)32(37)23-36(41(6,39)40)30-17-15-29(16-18-30)25(3)4/h7-19,24-25,31H,20-23H2,1-6H3,(H,34,38)/t31-/m0/s1. The lowest BCUT2D eigenvalue weighted by Gasteiger charge is -2.33. The van der Waals surface area contributed by atoms with Gasteiger partial charge in [0, 0.05) is 19.5 Å². The Hall–Kier alpha value is -3.65. The van der Waals surface area contributed by atoms with Crippen molar-refractivity contribution in [1.82, 2.24) is 10.2 Å². The van der Waals surface area contributed by atoms with E-state index in [1.54, 1.807) is 12.1 Å². The van der Waals surface area contributed by atoms with Crippen molar-refractivity contribution < 1.29 is 18.0 Å². The lowest BCUT2D eigenvalue weighted by Crippen LogP contribution is -2.53. The number of nitrogens with one attached hydrogen (secondary N) is 1. The minimum absolute atomic E-state index is 0.164. The molecule has 0 aliphatic carbocycles. The van der Waals surface area contributed by atoms with Crippen LogP contribution in [0, 0.1) is 12.8 Å². The highest BCUT2D eigenvalue weighted by molar-refractivity contribution is 7.92. The number of nitrogens with zero attached hydrogens (tertiary/aromatic N) is 2. The van der Waals surface area contributed by atoms with Crippen molar-refractivity contribution in [2.45, 2.75) is 59.5 Å². The Kier molecular flexibility index (Phi) is 11.1. The Morgan fingerprint density at radius 2 is 1.49 bits per heavy atom. The highest BCUT2D eigenvalue weighted by Crippen LogP contribution is 2.23. The minimum atomic E-state index is -3.80. The van der Waals surface area contributed by atoms with Crippen LogP contribution in [-0.4, -0.2) is 50.5 Å². The van der Waals surface area contributed by atoms with Crippen molar-refractivity contribution in [3.63, 3.8) is 0 Å². The SMILES string of the molecule is Cc1cccc(CN(C(=O)CN(c2ccc(C(C)C)cc2)S(C)(=O)=O)[C@@H](Cc2ccccc2)C(=O)NCC(C)C)c1. The van der Waals surface area contributed by atoms with Gasteiger partial charge in [0.1, 0.15) is 12.6 Å². The summed E-state index contributed by atoms with van der Waals surface area (Å²) in [6.07, 6.45) is 1.39. The maximum absolute atomic E-state index is 14.2. The number of benzene rings is 3. The second-order valence-electron chi connectivity index (χ2n) is 11.4. The Balaban J connectivity index is 2.04. The molecule has 0 heterocycles. The van der Waals surface area contributed by atoms with E-state index < -0.39 is 28.5 Å². The van der Waals surface area contributed by atoms with Gasteiger partial charge in [-0.15, -0.1) is 0 Å². The van der Waals surface area contributed by atoms with Crippen LogP contribution in [0.15, 0.2) is 78.9 Å². The molecule has 1 atom stereocenters. The molecule has 41 heavy (non-hydrogen) atoms. The Morgan fingerprint density at radius 1 is 0.854 bits per heavy atom. The number of anilines is 1. The van der Waals surface area contributed by atoms with Crippen molar-refractivity contribution in [3.05, 3.63) is 101 Å². The van der Waals surface area contributed by atoms with Crippen LogP contribution in [0.5, 0.6) is 0 Å². The van der Waals surface area contributed by atoms with E-state index in [2.05, 4.69) is 19.2 Å². The molecule has 0 radical (unpaired) electrons. The van der Waals surface area contributed by atoms with Crippen molar-refractivity contribution in [2.75, 3.05) is 23.7 Å². The maximum Gasteiger partial charge on any atom is 0.244 e. The zero-order valence-corrected chi connectivity index (χ0v) is 25.8. The van der Waals surface area contributed by atoms with Crippen LogP contribution < -0.4 is 9.62 Å². The summed E-state index contributed by atoms with van der Waals surface area (Å²) in [5, 5.41) is 3.00. The molecule has 2 amide bonds. The van der Waals surface area contributed by atoms with Crippen LogP contribution >= 0.6 is 0 Å². The Bertz CT molecular complexity index is 1400. The second-order valence-corrected chi connectivity index (χ2v) is 13.3. The molecule has 3 aromatic carbocycles. The molecule has 0 fully saturated rings. The third-order valence-corrected chi connectivity index (χ3v) is 8.06. The average molecular weight is 578 g/mol. The third-order valence-electron chi connectivity index (χ3n) is 6.92. The van der Waals surface area contributed by atoms with Gasteiger partial charge in [-0.3, -0.25) is 13.9 Å². The molecule has 3 aromatic rings. The summed E-state index contributed by atoms with van der Waals surface area (Å²) < 4.78 is 27.0. The van der Waals surface area contributed by atoms with E-state index in [4.69, 9.17) is 0 Å². The van der Waals surface area contributed by atoms with E-state index in [0.717, 1.165) is 32.8 Å². The Morgan fingerprint density at radius 3 is 2.05 bits per heavy atom. The molecule has 0 saturated heterocycles. The number of amides is 2. The smallest absolute Gasteiger partial charge is 0.244 e. The van der Waals surface area contributed by atoms with Gasteiger partial charge in [0.15, 0.2) is 0 Å². The van der Waals surface area contributed by atoms with Crippen LogP contribution in [0.3, 0.4) is 0 Å². The predicted octanol–water partition coefficient (Wildman–Crippen LogP) is 5.30. The molecule has 0 saturated carbocycles. The van der Waals surface area contributed by atoms with Gasteiger partial charge < -0.3 is 10.2 Å². The van der Waals surface area contributed by atoms with Gasteiger partial charge >= 0.3 is 0 Å². The molecule has 0 bridgehead atoms. The molecule has 1 N–H and O–H groups in total. The molecule has 0 unspecified atom stereocenters. The van der Waals surface area contributed by atoms with Crippen molar-refractivity contribution in [3.8, 4) is 0 Å². The fourth-order valence-electron chi connectivity index (χ4n) is 4.62. The van der Waals surface area contributed by atoms with Crippen LogP contribution in [-0.2, 0) is 32.6 Å². The average Bonchev–Trinajstić information content (AvgIpc) is 2.92. The second kappa shape index (κ2) is 14.3. The number of hydrogen-bond donors (Lipinski definition) is 1. The lowest BCUT2D eigenvalue weighted by atomic mass is 10.0. The van der Waals surface area contributed by atoms with Crippen LogP contribution in [0.25, 0.3) is 0 Å². The highest BCUT2D eigenvalue weighted by atomic mass is 32.2. The molecule has 0 aliphatic rings. The first-order valence-electron chi connectivity index (χ1n) is 14.1. The summed E-state index contributed by atoms with van der Waals surface area (Å²) in [5.41, 5.74) is 4.27. The molecule has 0 aromatic heterocycles. The number of carbonyl (C=O) groups is 2. The molecule has 0 aliphatic heterocycles. The number of rotatable bonds is 13. The first-order chi connectivity index (χ1) is 19.3. The molecule has 220 valence electrons. The number of aryl methyl sites for hydroxylation is 1. The van der Waals surface area contributed by atoms with E-state index in [1.165, 1.54) is 4.90 Å². The lowest BCUT2D eigenvalue weighted by molar-refractivity contribution is -0.140. The van der Waals surface area contributed by atoms with Gasteiger partial charge in [-0.1, -0.05) is 100.0 Å². The number of sulfonamides is 1. The van der Waals surface area contributed by atoms with Crippen LogP contribution in [0.1, 0.15) is 55.9 Å². The number of carbonyl (C=O) groups excluding carboxylic acids is 2. The predicted molar refractivity (Wildman–Crippen MR) is 166 cm³/mol. The molecular weight excluding hydrogens is 534 g/mol. The van der Waals surface area contributed by atoms with Crippen LogP contribution in [0.4, 0.5) is 5.69 Å². The molecule has 0 spiro atoms. The monoisotopic (exact) mass is 577 g/mol. The van der Waals surface area contributed by atoms with Gasteiger partial charge in [-0.05, 0) is 47.6 Å². The normalized spacial score (nSPS) is 12.3. The van der Waals surface area contributed by atoms with E-state index in [9.17, 15) is 18.0 Å². The number of hydrogen-bond acceptors (Lipinski definition) is 4. The van der Waals surface area contributed by atoms with Gasteiger partial charge in [0.05, 0.1) is 11.9 Å². The zero-order valence-electron chi connectivity index (χ0n) is 25.0. The highest BCUT2D eigenvalue weighted by Gasteiger charge is 2.33. The molecule has 7 nitrogen and oxygen atoms in total. The van der Waals surface area contributed by atoms with Crippen molar-refractivity contribution in [1.29, 1.82) is 0 Å².